The molecule has 0 aliphatic rings. The summed E-state index contributed by atoms with van der Waals surface area (Å²) in [7, 11) is 0. The van der Waals surface area contributed by atoms with Crippen molar-refractivity contribution in [1.29, 1.82) is 0 Å². The lowest BCUT2D eigenvalue weighted by Crippen LogP contribution is -2.28. The van der Waals surface area contributed by atoms with E-state index < -0.39 is 12.1 Å². The van der Waals surface area contributed by atoms with E-state index in [0.717, 1.165) is 5.56 Å². The Labute approximate surface area is 206 Å². The van der Waals surface area contributed by atoms with Gasteiger partial charge < -0.3 is 38.8 Å². The van der Waals surface area contributed by atoms with Crippen LogP contribution in [0.1, 0.15) is 31.2 Å². The van der Waals surface area contributed by atoms with Crippen LogP contribution in [0.3, 0.4) is 0 Å². The fourth-order valence-corrected chi connectivity index (χ4v) is 2.59. The number of nitrogens with one attached hydrogen (secondary N) is 1. The van der Waals surface area contributed by atoms with Gasteiger partial charge in [-0.25, -0.2) is 4.79 Å². The smallest absolute Gasteiger partial charge is 0.407 e. The quantitative estimate of drug-likeness (QED) is 0.180. The van der Waals surface area contributed by atoms with Gasteiger partial charge in [-0.3, -0.25) is 9.59 Å². The molecule has 1 rings (SSSR count). The van der Waals surface area contributed by atoms with Crippen LogP contribution in [0.2, 0.25) is 0 Å². The fraction of sp³-hybridized carbons (Fsp3) is 0.625. The second-order valence-electron chi connectivity index (χ2n) is 7.26. The lowest BCUT2D eigenvalue weighted by molar-refractivity contribution is -0.146. The van der Waals surface area contributed by atoms with E-state index in [0.29, 0.717) is 65.6 Å². The number of carbonyl (C=O) groups is 3. The van der Waals surface area contributed by atoms with Gasteiger partial charge >= 0.3 is 18.0 Å². The van der Waals surface area contributed by atoms with Gasteiger partial charge in [0.25, 0.3) is 0 Å². The van der Waals surface area contributed by atoms with Crippen LogP contribution < -0.4 is 5.32 Å². The van der Waals surface area contributed by atoms with Crippen molar-refractivity contribution in [3.63, 3.8) is 0 Å². The molecule has 0 unspecified atom stereocenters. The summed E-state index contributed by atoms with van der Waals surface area (Å²) < 4.78 is 31.5. The maximum Gasteiger partial charge on any atom is 0.407 e. The fourth-order valence-electron chi connectivity index (χ4n) is 2.59. The number of carboxylic acid groups (broad SMARTS) is 1. The van der Waals surface area contributed by atoms with Crippen LogP contribution in [-0.2, 0) is 44.6 Å². The monoisotopic (exact) mass is 499 g/mol. The van der Waals surface area contributed by atoms with Crippen LogP contribution in [0.5, 0.6) is 0 Å². The molecule has 0 radical (unpaired) electrons. The molecule has 0 bridgehead atoms. The molecule has 11 nitrogen and oxygen atoms in total. The predicted molar refractivity (Wildman–Crippen MR) is 125 cm³/mol. The van der Waals surface area contributed by atoms with Crippen LogP contribution in [-0.4, -0.2) is 89.1 Å². The Hall–Kier alpha value is -2.73. The van der Waals surface area contributed by atoms with Gasteiger partial charge in [-0.15, -0.1) is 0 Å². The minimum atomic E-state index is -0.866. The summed E-state index contributed by atoms with van der Waals surface area (Å²) in [4.78, 5) is 33.4. The first kappa shape index (κ1) is 30.3. The molecule has 0 aromatic heterocycles. The zero-order valence-electron chi connectivity index (χ0n) is 20.1. The highest BCUT2D eigenvalue weighted by molar-refractivity contribution is 5.69. The summed E-state index contributed by atoms with van der Waals surface area (Å²) in [5.74, 6) is -1.22. The summed E-state index contributed by atoms with van der Waals surface area (Å²) in [6, 6.07) is 9.44. The van der Waals surface area contributed by atoms with Crippen LogP contribution in [0, 0.1) is 0 Å². The zero-order chi connectivity index (χ0) is 25.4. The lowest BCUT2D eigenvalue weighted by Gasteiger charge is -2.09. The number of unbranched alkanes of at least 4 members (excludes halogenated alkanes) is 1. The molecule has 11 heteroatoms. The SMILES string of the molecule is O=C(O)CCCCC(=O)OCCOCCOCCOCCOCCNC(=O)OCc1ccccc1. The van der Waals surface area contributed by atoms with E-state index in [2.05, 4.69) is 5.32 Å². The van der Waals surface area contributed by atoms with E-state index in [1.807, 2.05) is 30.3 Å². The molecule has 0 heterocycles. The maximum atomic E-state index is 11.6. The molecule has 1 aromatic rings. The van der Waals surface area contributed by atoms with E-state index in [4.69, 9.17) is 33.5 Å². The third-order valence-corrected chi connectivity index (χ3v) is 4.36. The minimum absolute atomic E-state index is 0.0580. The average Bonchev–Trinajstić information content (AvgIpc) is 2.85. The van der Waals surface area contributed by atoms with E-state index in [1.54, 1.807) is 0 Å². The number of carboxylic acids is 1. The van der Waals surface area contributed by atoms with Gasteiger partial charge in [0.2, 0.25) is 0 Å². The van der Waals surface area contributed by atoms with Crippen molar-refractivity contribution < 1.29 is 47.9 Å². The number of aliphatic carboxylic acids is 1. The van der Waals surface area contributed by atoms with Crippen LogP contribution in [0.25, 0.3) is 0 Å². The van der Waals surface area contributed by atoms with Crippen LogP contribution in [0.4, 0.5) is 4.79 Å². The molecule has 1 aromatic carbocycles. The van der Waals surface area contributed by atoms with Crippen molar-refractivity contribution in [2.45, 2.75) is 32.3 Å². The molecule has 0 atom stereocenters. The number of carbonyl (C=O) groups excluding carboxylic acids is 2. The summed E-state index contributed by atoms with van der Waals surface area (Å²) in [6.45, 7) is 3.81. The van der Waals surface area contributed by atoms with Crippen molar-refractivity contribution in [1.82, 2.24) is 5.32 Å². The first-order valence-corrected chi connectivity index (χ1v) is 11.7. The van der Waals surface area contributed by atoms with Gasteiger partial charge in [0.15, 0.2) is 0 Å². The Kier molecular flexibility index (Phi) is 18.9. The molecular weight excluding hydrogens is 462 g/mol. The summed E-state index contributed by atoms with van der Waals surface area (Å²) >= 11 is 0. The van der Waals surface area contributed by atoms with E-state index in [-0.39, 0.29) is 38.6 Å². The number of amides is 1. The van der Waals surface area contributed by atoms with Crippen molar-refractivity contribution in [3.05, 3.63) is 35.9 Å². The molecule has 35 heavy (non-hydrogen) atoms. The molecular formula is C24H37NO10. The highest BCUT2D eigenvalue weighted by Gasteiger charge is 2.04. The normalized spacial score (nSPS) is 10.6. The number of esters is 1. The zero-order valence-corrected chi connectivity index (χ0v) is 20.1. The Bertz CT molecular complexity index is 686. The molecule has 0 aliphatic carbocycles. The number of alkyl carbamates (subject to hydrolysis) is 1. The van der Waals surface area contributed by atoms with Crippen molar-refractivity contribution in [2.75, 3.05) is 66.0 Å². The van der Waals surface area contributed by atoms with E-state index in [9.17, 15) is 14.4 Å². The first-order chi connectivity index (χ1) is 17.1. The van der Waals surface area contributed by atoms with Crippen molar-refractivity contribution >= 4 is 18.0 Å². The van der Waals surface area contributed by atoms with Gasteiger partial charge in [0.05, 0.1) is 52.9 Å². The standard InChI is InChI=1S/C24H37NO10/c26-22(27)8-4-5-9-23(28)34-19-18-33-17-16-32-15-14-31-13-12-30-11-10-25-24(29)35-20-21-6-2-1-3-7-21/h1-3,6-7H,4-5,8-20H2,(H,25,29)(H,26,27). The predicted octanol–water partition coefficient (Wildman–Crippen LogP) is 2.17. The third-order valence-electron chi connectivity index (χ3n) is 4.36. The maximum absolute atomic E-state index is 11.6. The summed E-state index contributed by atoms with van der Waals surface area (Å²) in [6.07, 6.45) is 0.739. The Morgan fingerprint density at radius 2 is 1.23 bits per heavy atom. The number of benzene rings is 1. The molecule has 0 aliphatic heterocycles. The lowest BCUT2D eigenvalue weighted by atomic mass is 10.2. The Morgan fingerprint density at radius 3 is 1.83 bits per heavy atom. The molecule has 0 spiro atoms. The molecule has 0 saturated carbocycles. The van der Waals surface area contributed by atoms with Gasteiger partial charge in [-0.05, 0) is 18.4 Å². The number of hydrogen-bond acceptors (Lipinski definition) is 9. The number of hydrogen-bond donors (Lipinski definition) is 2. The molecule has 198 valence electrons. The Balaban J connectivity index is 1.74. The number of rotatable bonds is 22. The minimum Gasteiger partial charge on any atom is -0.481 e. The van der Waals surface area contributed by atoms with Crippen molar-refractivity contribution in [2.24, 2.45) is 0 Å². The Morgan fingerprint density at radius 1 is 0.686 bits per heavy atom. The second kappa shape index (κ2) is 21.8. The largest absolute Gasteiger partial charge is 0.481 e. The highest BCUT2D eigenvalue weighted by atomic mass is 16.6. The summed E-state index contributed by atoms with van der Waals surface area (Å²) in [5.41, 5.74) is 0.926. The van der Waals surface area contributed by atoms with Crippen LogP contribution >= 0.6 is 0 Å². The van der Waals surface area contributed by atoms with Gasteiger partial charge in [-0.2, -0.15) is 0 Å². The topological polar surface area (TPSA) is 139 Å². The van der Waals surface area contributed by atoms with E-state index in [1.165, 1.54) is 0 Å². The summed E-state index contributed by atoms with van der Waals surface area (Å²) in [5, 5.41) is 11.1. The average molecular weight is 500 g/mol. The molecule has 1 amide bonds. The second-order valence-corrected chi connectivity index (χ2v) is 7.26. The van der Waals surface area contributed by atoms with Crippen LogP contribution in [0.15, 0.2) is 30.3 Å². The highest BCUT2D eigenvalue weighted by Crippen LogP contribution is 2.01. The van der Waals surface area contributed by atoms with Gasteiger partial charge in [-0.1, -0.05) is 30.3 Å². The van der Waals surface area contributed by atoms with Crippen molar-refractivity contribution in [3.8, 4) is 0 Å². The first-order valence-electron chi connectivity index (χ1n) is 11.7. The molecule has 0 fully saturated rings. The van der Waals surface area contributed by atoms with E-state index >= 15 is 0 Å². The van der Waals surface area contributed by atoms with Gasteiger partial charge in [0, 0.05) is 19.4 Å². The van der Waals surface area contributed by atoms with Gasteiger partial charge in [0.1, 0.15) is 13.2 Å². The molecule has 0 saturated heterocycles. The third kappa shape index (κ3) is 20.4. The molecule has 2 N–H and O–H groups in total. The number of ether oxygens (including phenoxy) is 6.